The van der Waals surface area contributed by atoms with Crippen LogP contribution in [-0.2, 0) is 9.59 Å². The highest BCUT2D eigenvalue weighted by Crippen LogP contribution is 2.60. The second-order valence-corrected chi connectivity index (χ2v) is 5.68. The number of rotatable bonds is 9. The van der Waals surface area contributed by atoms with Gasteiger partial charge in [0.2, 0.25) is 5.91 Å². The van der Waals surface area contributed by atoms with E-state index >= 15 is 0 Å². The Hall–Kier alpha value is -1.97. The SMILES string of the molecule is CC(=O)NCC(CC(F)(F)C(F)(F)C(F)(F)C(F)(F)C(F)(F)C(F)(F)F)C(=O)O. The van der Waals surface area contributed by atoms with E-state index in [0.717, 1.165) is 0 Å². The molecule has 0 saturated heterocycles. The Morgan fingerprint density at radius 3 is 1.45 bits per heavy atom. The zero-order valence-electron chi connectivity index (χ0n) is 13.7. The molecule has 4 nitrogen and oxygen atoms in total. The lowest BCUT2D eigenvalue weighted by Gasteiger charge is -2.40. The molecule has 0 aliphatic carbocycles. The van der Waals surface area contributed by atoms with Crippen molar-refractivity contribution in [3.05, 3.63) is 0 Å². The first kappa shape index (κ1) is 27.0. The summed E-state index contributed by atoms with van der Waals surface area (Å²) < 4.78 is 168. The number of carboxylic acids is 1. The number of alkyl halides is 13. The number of aliphatic carboxylic acids is 1. The molecule has 0 aliphatic heterocycles. The van der Waals surface area contributed by atoms with Crippen molar-refractivity contribution in [2.75, 3.05) is 6.54 Å². The largest absolute Gasteiger partial charge is 0.481 e. The van der Waals surface area contributed by atoms with Crippen molar-refractivity contribution >= 4 is 11.9 Å². The van der Waals surface area contributed by atoms with Gasteiger partial charge in [-0.25, -0.2) is 0 Å². The van der Waals surface area contributed by atoms with Crippen LogP contribution in [0.3, 0.4) is 0 Å². The molecule has 0 rings (SSSR count). The maximum atomic E-state index is 13.6. The van der Waals surface area contributed by atoms with E-state index in [1.165, 1.54) is 5.32 Å². The zero-order chi connectivity index (χ0) is 23.9. The molecule has 17 heteroatoms. The number of hydrogen-bond donors (Lipinski definition) is 2. The van der Waals surface area contributed by atoms with Gasteiger partial charge < -0.3 is 10.4 Å². The Morgan fingerprint density at radius 1 is 0.759 bits per heavy atom. The molecule has 1 amide bonds. The van der Waals surface area contributed by atoms with Crippen molar-refractivity contribution in [1.82, 2.24) is 5.32 Å². The predicted molar refractivity (Wildman–Crippen MR) is 65.2 cm³/mol. The van der Waals surface area contributed by atoms with Crippen molar-refractivity contribution in [2.24, 2.45) is 5.92 Å². The molecule has 1 atom stereocenters. The summed E-state index contributed by atoms with van der Waals surface area (Å²) in [6.45, 7) is -0.726. The van der Waals surface area contributed by atoms with Crippen LogP contribution in [0.1, 0.15) is 13.3 Å². The monoisotopic (exact) mass is 463 g/mol. The van der Waals surface area contributed by atoms with Crippen LogP contribution >= 0.6 is 0 Å². The number of carboxylic acid groups (broad SMARTS) is 1. The average Bonchev–Trinajstić information content (AvgIpc) is 2.48. The van der Waals surface area contributed by atoms with Crippen molar-refractivity contribution < 1.29 is 71.8 Å². The molecule has 0 aromatic heterocycles. The predicted octanol–water partition coefficient (Wildman–Crippen LogP) is 3.95. The fourth-order valence-electron chi connectivity index (χ4n) is 1.75. The van der Waals surface area contributed by atoms with Crippen LogP contribution in [0.15, 0.2) is 0 Å². The minimum Gasteiger partial charge on any atom is -0.481 e. The standard InChI is InChI=1S/C12H10F13NO3/c1-4(27)26-3-5(6(28)29)2-7(13,14)8(15,16)9(17,18)10(19,20)11(21,22)12(23,24)25/h5H,2-3H2,1H3,(H,26,27)(H,28,29). The van der Waals surface area contributed by atoms with Gasteiger partial charge in [0.1, 0.15) is 0 Å². The number of hydrogen-bond acceptors (Lipinski definition) is 2. The summed E-state index contributed by atoms with van der Waals surface area (Å²) in [6.07, 6.45) is -10.4. The number of carbonyl (C=O) groups excluding carboxylic acids is 1. The summed E-state index contributed by atoms with van der Waals surface area (Å²) in [6, 6.07) is 0. The van der Waals surface area contributed by atoms with Crippen LogP contribution in [0.25, 0.3) is 0 Å². The molecule has 0 fully saturated rings. The quantitative estimate of drug-likeness (QED) is 0.509. The molecule has 0 aliphatic rings. The molecule has 172 valence electrons. The molecule has 0 saturated carbocycles. The van der Waals surface area contributed by atoms with Crippen LogP contribution in [0.5, 0.6) is 0 Å². The lowest BCUT2D eigenvalue weighted by atomic mass is 9.89. The first-order valence-corrected chi connectivity index (χ1v) is 6.90. The van der Waals surface area contributed by atoms with Gasteiger partial charge in [-0.2, -0.15) is 57.1 Å². The van der Waals surface area contributed by atoms with Crippen LogP contribution in [0.2, 0.25) is 0 Å². The van der Waals surface area contributed by atoms with Crippen molar-refractivity contribution in [3.8, 4) is 0 Å². The molecule has 0 spiro atoms. The van der Waals surface area contributed by atoms with Gasteiger partial charge in [-0.3, -0.25) is 9.59 Å². The van der Waals surface area contributed by atoms with E-state index in [2.05, 4.69) is 0 Å². The third kappa shape index (κ3) is 4.62. The number of nitrogens with one attached hydrogen (secondary N) is 1. The van der Waals surface area contributed by atoms with Gasteiger partial charge in [0.05, 0.1) is 5.92 Å². The summed E-state index contributed by atoms with van der Waals surface area (Å²) in [5.41, 5.74) is 0. The highest BCUT2D eigenvalue weighted by molar-refractivity contribution is 5.75. The fraction of sp³-hybridized carbons (Fsp3) is 0.833. The molecule has 1 unspecified atom stereocenters. The molecule has 0 heterocycles. The van der Waals surface area contributed by atoms with Crippen molar-refractivity contribution in [2.45, 2.75) is 49.1 Å². The maximum absolute atomic E-state index is 13.6. The van der Waals surface area contributed by atoms with E-state index in [1.807, 2.05) is 0 Å². The van der Waals surface area contributed by atoms with E-state index < -0.39 is 66.5 Å². The second kappa shape index (κ2) is 7.70. The van der Waals surface area contributed by atoms with Crippen molar-refractivity contribution in [3.63, 3.8) is 0 Å². The molecule has 2 N–H and O–H groups in total. The number of halogens is 13. The Bertz CT molecular complexity index is 629. The molecule has 0 radical (unpaired) electrons. The van der Waals surface area contributed by atoms with E-state index in [0.29, 0.717) is 6.92 Å². The van der Waals surface area contributed by atoms with Gasteiger partial charge in [0, 0.05) is 19.9 Å². The Labute approximate surface area is 152 Å². The first-order chi connectivity index (χ1) is 12.5. The fourth-order valence-corrected chi connectivity index (χ4v) is 1.75. The minimum atomic E-state index is -8.05. The summed E-state index contributed by atoms with van der Waals surface area (Å²) in [5, 5.41) is 10.1. The third-order valence-corrected chi connectivity index (χ3v) is 3.45. The lowest BCUT2D eigenvalue weighted by molar-refractivity contribution is -0.440. The third-order valence-electron chi connectivity index (χ3n) is 3.45. The lowest BCUT2D eigenvalue weighted by Crippen LogP contribution is -2.70. The Morgan fingerprint density at radius 2 is 1.14 bits per heavy atom. The van der Waals surface area contributed by atoms with Crippen LogP contribution in [0, 0.1) is 5.92 Å². The highest BCUT2D eigenvalue weighted by Gasteiger charge is 2.90. The molecular formula is C12H10F13NO3. The van der Waals surface area contributed by atoms with Gasteiger partial charge in [0.15, 0.2) is 0 Å². The van der Waals surface area contributed by atoms with Crippen molar-refractivity contribution in [1.29, 1.82) is 0 Å². The topological polar surface area (TPSA) is 66.4 Å². The highest BCUT2D eigenvalue weighted by atomic mass is 19.4. The summed E-state index contributed by atoms with van der Waals surface area (Å²) >= 11 is 0. The average molecular weight is 463 g/mol. The van der Waals surface area contributed by atoms with E-state index in [9.17, 15) is 66.7 Å². The van der Waals surface area contributed by atoms with E-state index in [-0.39, 0.29) is 0 Å². The first-order valence-electron chi connectivity index (χ1n) is 6.90. The molecular weight excluding hydrogens is 453 g/mol. The van der Waals surface area contributed by atoms with Crippen LogP contribution < -0.4 is 5.32 Å². The van der Waals surface area contributed by atoms with Gasteiger partial charge in [-0.05, 0) is 0 Å². The molecule has 0 bridgehead atoms. The molecule has 29 heavy (non-hydrogen) atoms. The zero-order valence-corrected chi connectivity index (χ0v) is 13.7. The van der Waals surface area contributed by atoms with Gasteiger partial charge in [-0.1, -0.05) is 0 Å². The number of amides is 1. The van der Waals surface area contributed by atoms with E-state index in [4.69, 9.17) is 5.11 Å². The van der Waals surface area contributed by atoms with Gasteiger partial charge in [-0.15, -0.1) is 0 Å². The van der Waals surface area contributed by atoms with Gasteiger partial charge >= 0.3 is 41.8 Å². The minimum absolute atomic E-state index is 0.680. The smallest absolute Gasteiger partial charge is 0.460 e. The molecule has 0 aromatic rings. The maximum Gasteiger partial charge on any atom is 0.460 e. The van der Waals surface area contributed by atoms with Crippen LogP contribution in [0.4, 0.5) is 57.1 Å². The normalized spacial score (nSPS) is 15.8. The Kier molecular flexibility index (Phi) is 7.17. The summed E-state index contributed by atoms with van der Waals surface area (Å²) in [7, 11) is 0. The summed E-state index contributed by atoms with van der Waals surface area (Å²) in [5.74, 6) is -44.4. The van der Waals surface area contributed by atoms with Gasteiger partial charge in [0.25, 0.3) is 0 Å². The number of carbonyl (C=O) groups is 2. The molecule has 0 aromatic carbocycles. The van der Waals surface area contributed by atoms with E-state index in [1.54, 1.807) is 0 Å². The van der Waals surface area contributed by atoms with Crippen LogP contribution in [-0.4, -0.2) is 59.3 Å². The Balaban J connectivity index is 6.14. The second-order valence-electron chi connectivity index (χ2n) is 5.68. The summed E-state index contributed by atoms with van der Waals surface area (Å²) in [4.78, 5) is 21.3.